The second kappa shape index (κ2) is 8.85. The third-order valence-electron chi connectivity index (χ3n) is 4.39. The molecule has 0 saturated heterocycles. The maximum Gasteiger partial charge on any atom is 0.272 e. The molecule has 1 N–H and O–H groups in total. The summed E-state index contributed by atoms with van der Waals surface area (Å²) in [6.45, 7) is 6.88. The van der Waals surface area contributed by atoms with Gasteiger partial charge in [0.05, 0.1) is 0 Å². The number of amides is 1. The van der Waals surface area contributed by atoms with Crippen LogP contribution >= 0.6 is 11.6 Å². The minimum atomic E-state index is -0.123. The molecule has 3 aromatic rings. The highest BCUT2D eigenvalue weighted by Gasteiger charge is 2.18. The summed E-state index contributed by atoms with van der Waals surface area (Å²) in [5, 5.41) is 3.80. The number of rotatable bonds is 6. The number of carbonyl (C=O) groups excluding carboxylic acids is 1. The highest BCUT2D eigenvalue weighted by molar-refractivity contribution is 6.31. The van der Waals surface area contributed by atoms with Crippen molar-refractivity contribution in [2.24, 2.45) is 0 Å². The van der Waals surface area contributed by atoms with Gasteiger partial charge in [0.15, 0.2) is 0 Å². The Morgan fingerprint density at radius 2 is 1.82 bits per heavy atom. The smallest absolute Gasteiger partial charge is 0.272 e. The van der Waals surface area contributed by atoms with Gasteiger partial charge in [-0.15, -0.1) is 0 Å². The van der Waals surface area contributed by atoms with Crippen molar-refractivity contribution in [3.63, 3.8) is 0 Å². The number of anilines is 2. The first-order valence-corrected chi connectivity index (χ1v) is 9.56. The summed E-state index contributed by atoms with van der Waals surface area (Å²) >= 11 is 6.19. The van der Waals surface area contributed by atoms with Crippen molar-refractivity contribution in [2.45, 2.75) is 27.3 Å². The normalized spacial score (nSPS) is 10.6. The molecule has 0 fully saturated rings. The van der Waals surface area contributed by atoms with Crippen LogP contribution in [0.3, 0.4) is 0 Å². The summed E-state index contributed by atoms with van der Waals surface area (Å²) in [7, 11) is 0. The van der Waals surface area contributed by atoms with Crippen LogP contribution < -0.4 is 5.32 Å². The molecule has 5 nitrogen and oxygen atoms in total. The number of benzene rings is 2. The molecule has 0 radical (unpaired) electrons. The summed E-state index contributed by atoms with van der Waals surface area (Å²) in [6, 6.07) is 17.3. The predicted molar refractivity (Wildman–Crippen MR) is 113 cm³/mol. The van der Waals surface area contributed by atoms with Crippen molar-refractivity contribution >= 4 is 29.1 Å². The van der Waals surface area contributed by atoms with E-state index in [1.54, 1.807) is 11.0 Å². The Morgan fingerprint density at radius 1 is 1.07 bits per heavy atom. The molecule has 0 aliphatic carbocycles. The number of aryl methyl sites for hydroxylation is 2. The molecule has 0 aliphatic rings. The van der Waals surface area contributed by atoms with Crippen molar-refractivity contribution in [1.82, 2.24) is 14.9 Å². The van der Waals surface area contributed by atoms with E-state index in [0.717, 1.165) is 22.5 Å². The van der Waals surface area contributed by atoms with Crippen molar-refractivity contribution in [2.75, 3.05) is 11.9 Å². The molecule has 2 aromatic carbocycles. The van der Waals surface area contributed by atoms with Crippen LogP contribution in [0, 0.1) is 13.8 Å². The zero-order valence-electron chi connectivity index (χ0n) is 16.2. The third kappa shape index (κ3) is 4.87. The van der Waals surface area contributed by atoms with Crippen molar-refractivity contribution in [3.05, 3.63) is 82.1 Å². The van der Waals surface area contributed by atoms with Crippen LogP contribution in [0.2, 0.25) is 5.02 Å². The van der Waals surface area contributed by atoms with Gasteiger partial charge >= 0.3 is 0 Å². The fourth-order valence-corrected chi connectivity index (χ4v) is 3.01. The Morgan fingerprint density at radius 3 is 2.50 bits per heavy atom. The average Bonchev–Trinajstić information content (AvgIpc) is 2.69. The van der Waals surface area contributed by atoms with Gasteiger partial charge in [-0.25, -0.2) is 9.97 Å². The quantitative estimate of drug-likeness (QED) is 0.627. The van der Waals surface area contributed by atoms with Crippen LogP contribution in [-0.4, -0.2) is 27.3 Å². The molecule has 0 aliphatic heterocycles. The summed E-state index contributed by atoms with van der Waals surface area (Å²) in [4.78, 5) is 23.6. The van der Waals surface area contributed by atoms with Crippen LogP contribution in [-0.2, 0) is 6.54 Å². The topological polar surface area (TPSA) is 58.1 Å². The van der Waals surface area contributed by atoms with Crippen LogP contribution in [0.1, 0.15) is 34.2 Å². The van der Waals surface area contributed by atoms with Crippen LogP contribution in [0.5, 0.6) is 0 Å². The standard InChI is InChI=1S/C22H23ClN4O/c1-4-27(14-17-8-6-5-7-9-17)21(28)20-12-16(3)24-22(26-20)25-18-11-10-15(2)19(23)13-18/h5-13H,4,14H2,1-3H3,(H,24,25,26). The lowest BCUT2D eigenvalue weighted by Gasteiger charge is -2.21. The molecular formula is C22H23ClN4O. The minimum Gasteiger partial charge on any atom is -0.333 e. The van der Waals surface area contributed by atoms with Gasteiger partial charge in [-0.05, 0) is 50.1 Å². The zero-order chi connectivity index (χ0) is 20.1. The zero-order valence-corrected chi connectivity index (χ0v) is 17.0. The van der Waals surface area contributed by atoms with Crippen LogP contribution in [0.25, 0.3) is 0 Å². The Balaban J connectivity index is 1.82. The molecular weight excluding hydrogens is 372 g/mol. The minimum absolute atomic E-state index is 0.123. The van der Waals surface area contributed by atoms with Crippen LogP contribution in [0.15, 0.2) is 54.6 Å². The number of aromatic nitrogens is 2. The molecule has 0 atom stereocenters. The maximum atomic E-state index is 13.0. The lowest BCUT2D eigenvalue weighted by atomic mass is 10.2. The van der Waals surface area contributed by atoms with Gasteiger partial charge in [0.2, 0.25) is 5.95 Å². The number of carbonyl (C=O) groups is 1. The summed E-state index contributed by atoms with van der Waals surface area (Å²) in [5.74, 6) is 0.251. The van der Waals surface area contributed by atoms with Gasteiger partial charge in [-0.1, -0.05) is 48.0 Å². The van der Waals surface area contributed by atoms with E-state index in [1.165, 1.54) is 0 Å². The molecule has 0 spiro atoms. The van der Waals surface area contributed by atoms with E-state index < -0.39 is 0 Å². The summed E-state index contributed by atoms with van der Waals surface area (Å²) in [5.41, 5.74) is 3.93. The summed E-state index contributed by atoms with van der Waals surface area (Å²) < 4.78 is 0. The fourth-order valence-electron chi connectivity index (χ4n) is 2.83. The Hall–Kier alpha value is -2.92. The van der Waals surface area contributed by atoms with E-state index >= 15 is 0 Å². The first-order chi connectivity index (χ1) is 13.5. The second-order valence-electron chi connectivity index (χ2n) is 6.61. The van der Waals surface area contributed by atoms with Gasteiger partial charge in [-0.3, -0.25) is 4.79 Å². The predicted octanol–water partition coefficient (Wildman–Crippen LogP) is 5.15. The third-order valence-corrected chi connectivity index (χ3v) is 4.79. The van der Waals surface area contributed by atoms with E-state index in [1.807, 2.05) is 69.3 Å². The fraction of sp³-hybridized carbons (Fsp3) is 0.227. The number of hydrogen-bond donors (Lipinski definition) is 1. The second-order valence-corrected chi connectivity index (χ2v) is 7.02. The maximum absolute atomic E-state index is 13.0. The van der Waals surface area contributed by atoms with Gasteiger partial charge in [0.25, 0.3) is 5.91 Å². The largest absolute Gasteiger partial charge is 0.333 e. The van der Waals surface area contributed by atoms with Crippen molar-refractivity contribution in [1.29, 1.82) is 0 Å². The molecule has 0 bridgehead atoms. The van der Waals surface area contributed by atoms with Gasteiger partial charge in [0.1, 0.15) is 5.69 Å². The van der Waals surface area contributed by atoms with E-state index in [2.05, 4.69) is 15.3 Å². The molecule has 0 saturated carbocycles. The Kier molecular flexibility index (Phi) is 6.26. The molecule has 28 heavy (non-hydrogen) atoms. The average molecular weight is 395 g/mol. The molecule has 3 rings (SSSR count). The first kappa shape index (κ1) is 19.8. The first-order valence-electron chi connectivity index (χ1n) is 9.18. The molecule has 1 heterocycles. The SMILES string of the molecule is CCN(Cc1ccccc1)C(=O)c1cc(C)nc(Nc2ccc(C)c(Cl)c2)n1. The number of hydrogen-bond acceptors (Lipinski definition) is 4. The lowest BCUT2D eigenvalue weighted by molar-refractivity contribution is 0.0746. The molecule has 1 aromatic heterocycles. The van der Waals surface area contributed by atoms with Crippen LogP contribution in [0.4, 0.5) is 11.6 Å². The van der Waals surface area contributed by atoms with Gasteiger partial charge in [-0.2, -0.15) is 0 Å². The molecule has 1 amide bonds. The van der Waals surface area contributed by atoms with Gasteiger partial charge in [0, 0.05) is 29.5 Å². The van der Waals surface area contributed by atoms with E-state index in [4.69, 9.17) is 11.6 Å². The molecule has 144 valence electrons. The Labute approximate surface area is 170 Å². The number of halogens is 1. The molecule has 0 unspecified atom stereocenters. The monoisotopic (exact) mass is 394 g/mol. The number of nitrogens with one attached hydrogen (secondary N) is 1. The van der Waals surface area contributed by atoms with Crippen molar-refractivity contribution < 1.29 is 4.79 Å². The van der Waals surface area contributed by atoms with E-state index in [0.29, 0.717) is 29.8 Å². The Bertz CT molecular complexity index is 976. The summed E-state index contributed by atoms with van der Waals surface area (Å²) in [6.07, 6.45) is 0. The van der Waals surface area contributed by atoms with Gasteiger partial charge < -0.3 is 10.2 Å². The highest BCUT2D eigenvalue weighted by atomic mass is 35.5. The van der Waals surface area contributed by atoms with E-state index in [9.17, 15) is 4.79 Å². The highest BCUT2D eigenvalue weighted by Crippen LogP contribution is 2.22. The van der Waals surface area contributed by atoms with Crippen molar-refractivity contribution in [3.8, 4) is 0 Å². The van der Waals surface area contributed by atoms with E-state index in [-0.39, 0.29) is 5.91 Å². The number of nitrogens with zero attached hydrogens (tertiary/aromatic N) is 3. The molecule has 6 heteroatoms. The lowest BCUT2D eigenvalue weighted by Crippen LogP contribution is -2.31.